The summed E-state index contributed by atoms with van der Waals surface area (Å²) in [4.78, 5) is 13.5. The number of nitrogens with one attached hydrogen (secondary N) is 1. The second-order valence-corrected chi connectivity index (χ2v) is 4.40. The molecule has 0 amide bonds. The van der Waals surface area contributed by atoms with Crippen molar-refractivity contribution in [2.24, 2.45) is 7.05 Å². The number of ketones is 1. The van der Waals surface area contributed by atoms with Crippen molar-refractivity contribution in [2.75, 3.05) is 5.32 Å². The molecular formula is C12H13N5O. The van der Waals surface area contributed by atoms with E-state index in [-0.39, 0.29) is 18.2 Å². The van der Waals surface area contributed by atoms with Gasteiger partial charge in [-0.25, -0.2) is 0 Å². The van der Waals surface area contributed by atoms with Crippen LogP contribution in [0.15, 0.2) is 24.3 Å². The molecular weight excluding hydrogens is 230 g/mol. The summed E-state index contributed by atoms with van der Waals surface area (Å²) >= 11 is 0. The topological polar surface area (TPSA) is 72.7 Å². The molecule has 0 fully saturated rings. The number of benzene rings is 1. The average Bonchev–Trinajstić information content (AvgIpc) is 2.95. The molecule has 6 nitrogen and oxygen atoms in total. The number of hydrogen-bond acceptors (Lipinski definition) is 5. The first-order valence-corrected chi connectivity index (χ1v) is 5.82. The molecule has 2 heterocycles. The Morgan fingerprint density at radius 2 is 2.33 bits per heavy atom. The standard InChI is InChI=1S/C12H13N5O/c1-17-15-12(14-16-17)7-11(18)10-6-8-4-2-3-5-9(8)13-10/h2-5,10,13H,6-7H2,1H3. The second-order valence-electron chi connectivity index (χ2n) is 4.40. The number of hydrogen-bond donors (Lipinski definition) is 1. The Kier molecular flexibility index (Phi) is 2.55. The number of carbonyl (C=O) groups excluding carboxylic acids is 1. The third-order valence-corrected chi connectivity index (χ3v) is 3.04. The van der Waals surface area contributed by atoms with E-state index in [1.54, 1.807) is 7.05 Å². The van der Waals surface area contributed by atoms with E-state index in [1.807, 2.05) is 24.3 Å². The lowest BCUT2D eigenvalue weighted by Gasteiger charge is -2.07. The molecule has 92 valence electrons. The van der Waals surface area contributed by atoms with Crippen molar-refractivity contribution >= 4 is 11.5 Å². The van der Waals surface area contributed by atoms with E-state index in [4.69, 9.17) is 0 Å². The molecule has 3 rings (SSSR count). The van der Waals surface area contributed by atoms with Gasteiger partial charge < -0.3 is 5.32 Å². The van der Waals surface area contributed by atoms with Crippen LogP contribution in [0, 0.1) is 0 Å². The zero-order chi connectivity index (χ0) is 12.5. The number of nitrogens with zero attached hydrogens (tertiary/aromatic N) is 4. The van der Waals surface area contributed by atoms with Crippen molar-refractivity contribution in [3.8, 4) is 0 Å². The van der Waals surface area contributed by atoms with E-state index in [9.17, 15) is 4.79 Å². The van der Waals surface area contributed by atoms with E-state index < -0.39 is 0 Å². The molecule has 0 bridgehead atoms. The zero-order valence-corrected chi connectivity index (χ0v) is 10.00. The Morgan fingerprint density at radius 1 is 1.50 bits per heavy atom. The molecule has 0 saturated carbocycles. The molecule has 1 aliphatic rings. The Labute approximate surface area is 104 Å². The smallest absolute Gasteiger partial charge is 0.182 e. The maximum atomic E-state index is 12.1. The second kappa shape index (κ2) is 4.21. The molecule has 2 aromatic rings. The van der Waals surface area contributed by atoms with Crippen LogP contribution in [0.3, 0.4) is 0 Å². The van der Waals surface area contributed by atoms with E-state index in [0.717, 1.165) is 12.1 Å². The van der Waals surface area contributed by atoms with Crippen molar-refractivity contribution in [1.29, 1.82) is 0 Å². The van der Waals surface area contributed by atoms with Gasteiger partial charge in [0.1, 0.15) is 0 Å². The number of carbonyl (C=O) groups is 1. The number of anilines is 1. The van der Waals surface area contributed by atoms with Gasteiger partial charge in [-0.2, -0.15) is 4.80 Å². The molecule has 0 radical (unpaired) electrons. The zero-order valence-electron chi connectivity index (χ0n) is 10.00. The van der Waals surface area contributed by atoms with E-state index in [0.29, 0.717) is 5.82 Å². The molecule has 1 unspecified atom stereocenters. The summed E-state index contributed by atoms with van der Waals surface area (Å²) in [7, 11) is 1.69. The Bertz CT molecular complexity index is 567. The normalized spacial score (nSPS) is 17.3. The van der Waals surface area contributed by atoms with Crippen LogP contribution < -0.4 is 5.32 Å². The van der Waals surface area contributed by atoms with E-state index in [1.165, 1.54) is 10.4 Å². The molecule has 1 aliphatic heterocycles. The van der Waals surface area contributed by atoms with Gasteiger partial charge in [-0.05, 0) is 16.8 Å². The first kappa shape index (κ1) is 10.9. The summed E-state index contributed by atoms with van der Waals surface area (Å²) < 4.78 is 0. The van der Waals surface area contributed by atoms with Crippen molar-refractivity contribution in [3.05, 3.63) is 35.7 Å². The SMILES string of the molecule is Cn1nnc(CC(=O)C2Cc3ccccc3N2)n1. The van der Waals surface area contributed by atoms with Gasteiger partial charge in [-0.1, -0.05) is 18.2 Å². The van der Waals surface area contributed by atoms with Crippen LogP contribution in [0.1, 0.15) is 11.4 Å². The number of para-hydroxylation sites is 1. The molecule has 0 spiro atoms. The summed E-state index contributed by atoms with van der Waals surface area (Å²) in [6.07, 6.45) is 0.953. The third kappa shape index (κ3) is 1.97. The fourth-order valence-electron chi connectivity index (χ4n) is 2.17. The Morgan fingerprint density at radius 3 is 3.06 bits per heavy atom. The van der Waals surface area contributed by atoms with Crippen LogP contribution in [0.2, 0.25) is 0 Å². The molecule has 0 aliphatic carbocycles. The van der Waals surface area contributed by atoms with Crippen LogP contribution in [0.25, 0.3) is 0 Å². The number of aromatic nitrogens is 4. The van der Waals surface area contributed by atoms with Gasteiger partial charge in [-0.15, -0.1) is 10.2 Å². The minimum absolute atomic E-state index is 0.0965. The predicted octanol–water partition coefficient (Wildman–Crippen LogP) is 0.358. The molecule has 18 heavy (non-hydrogen) atoms. The quantitative estimate of drug-likeness (QED) is 0.842. The minimum Gasteiger partial charge on any atom is -0.375 e. The lowest BCUT2D eigenvalue weighted by atomic mass is 10.1. The van der Waals surface area contributed by atoms with Crippen LogP contribution in [-0.2, 0) is 24.7 Å². The number of rotatable bonds is 3. The van der Waals surface area contributed by atoms with Crippen LogP contribution in [-0.4, -0.2) is 32.0 Å². The van der Waals surface area contributed by atoms with Crippen LogP contribution in [0.4, 0.5) is 5.69 Å². The molecule has 6 heteroatoms. The van der Waals surface area contributed by atoms with Crippen molar-refractivity contribution in [3.63, 3.8) is 0 Å². The number of tetrazole rings is 1. The third-order valence-electron chi connectivity index (χ3n) is 3.04. The van der Waals surface area contributed by atoms with Gasteiger partial charge in [0.2, 0.25) is 0 Å². The first-order valence-electron chi connectivity index (χ1n) is 5.82. The summed E-state index contributed by atoms with van der Waals surface area (Å²) in [6.45, 7) is 0. The number of aryl methyl sites for hydroxylation is 1. The van der Waals surface area contributed by atoms with E-state index >= 15 is 0 Å². The highest BCUT2D eigenvalue weighted by molar-refractivity contribution is 5.90. The molecule has 1 N–H and O–H groups in total. The van der Waals surface area contributed by atoms with E-state index in [2.05, 4.69) is 20.7 Å². The van der Waals surface area contributed by atoms with Crippen LogP contribution >= 0.6 is 0 Å². The van der Waals surface area contributed by atoms with Crippen molar-refractivity contribution in [2.45, 2.75) is 18.9 Å². The highest BCUT2D eigenvalue weighted by atomic mass is 16.1. The number of fused-ring (bicyclic) bond motifs is 1. The van der Waals surface area contributed by atoms with Gasteiger partial charge in [0, 0.05) is 12.1 Å². The predicted molar refractivity (Wildman–Crippen MR) is 65.1 cm³/mol. The molecule has 1 atom stereocenters. The Balaban J connectivity index is 1.69. The van der Waals surface area contributed by atoms with Gasteiger partial charge in [0.15, 0.2) is 11.6 Å². The summed E-state index contributed by atoms with van der Waals surface area (Å²) in [5, 5.41) is 14.8. The Hall–Kier alpha value is -2.24. The van der Waals surface area contributed by atoms with Gasteiger partial charge in [-0.3, -0.25) is 4.79 Å². The first-order chi connectivity index (χ1) is 8.72. The van der Waals surface area contributed by atoms with Crippen molar-refractivity contribution in [1.82, 2.24) is 20.2 Å². The molecule has 1 aromatic heterocycles. The highest BCUT2D eigenvalue weighted by Crippen LogP contribution is 2.25. The maximum Gasteiger partial charge on any atom is 0.182 e. The average molecular weight is 243 g/mol. The monoisotopic (exact) mass is 243 g/mol. The fourth-order valence-corrected chi connectivity index (χ4v) is 2.17. The largest absolute Gasteiger partial charge is 0.375 e. The fraction of sp³-hybridized carbons (Fsp3) is 0.333. The van der Waals surface area contributed by atoms with Gasteiger partial charge >= 0.3 is 0 Å². The van der Waals surface area contributed by atoms with Crippen molar-refractivity contribution < 1.29 is 4.79 Å². The summed E-state index contributed by atoms with van der Waals surface area (Å²) in [5.41, 5.74) is 2.23. The van der Waals surface area contributed by atoms with Gasteiger partial charge in [0.05, 0.1) is 19.5 Å². The summed E-state index contributed by atoms with van der Waals surface area (Å²) in [6, 6.07) is 7.80. The highest BCUT2D eigenvalue weighted by Gasteiger charge is 2.26. The lowest BCUT2D eigenvalue weighted by molar-refractivity contribution is -0.119. The molecule has 1 aromatic carbocycles. The van der Waals surface area contributed by atoms with Crippen LogP contribution in [0.5, 0.6) is 0 Å². The van der Waals surface area contributed by atoms with Gasteiger partial charge in [0.25, 0.3) is 0 Å². The minimum atomic E-state index is -0.175. The summed E-state index contributed by atoms with van der Waals surface area (Å²) in [5.74, 6) is 0.569. The maximum absolute atomic E-state index is 12.1. The molecule has 0 saturated heterocycles. The number of Topliss-reactive ketones (excluding diaryl/α,β-unsaturated/α-hetero) is 1. The lowest BCUT2D eigenvalue weighted by Crippen LogP contribution is -2.28.